The van der Waals surface area contributed by atoms with Gasteiger partial charge in [0.05, 0.1) is 30.2 Å². The van der Waals surface area contributed by atoms with Crippen molar-refractivity contribution >= 4 is 0 Å². The van der Waals surface area contributed by atoms with E-state index in [1.165, 1.54) is 0 Å². The van der Waals surface area contributed by atoms with Gasteiger partial charge in [-0.2, -0.15) is 21.0 Å². The second-order valence-corrected chi connectivity index (χ2v) is 4.86. The highest BCUT2D eigenvalue weighted by atomic mass is 14.8. The SMILES string of the molecule is Cc1ccc(C2C(C#N)(C#N)C2(C#N)C#N)c(C)c1. The Bertz CT molecular complexity index is 652. The van der Waals surface area contributed by atoms with Gasteiger partial charge in [-0.05, 0) is 25.0 Å². The molecule has 1 aromatic rings. The van der Waals surface area contributed by atoms with Crippen molar-refractivity contribution in [2.24, 2.45) is 10.8 Å². The van der Waals surface area contributed by atoms with Crippen LogP contribution in [0.25, 0.3) is 0 Å². The van der Waals surface area contributed by atoms with Crippen LogP contribution in [-0.4, -0.2) is 0 Å². The van der Waals surface area contributed by atoms with Crippen LogP contribution in [0.5, 0.6) is 0 Å². The Hall–Kier alpha value is -2.82. The van der Waals surface area contributed by atoms with Gasteiger partial charge in [0.25, 0.3) is 0 Å². The topological polar surface area (TPSA) is 95.2 Å². The van der Waals surface area contributed by atoms with E-state index in [0.717, 1.165) is 16.7 Å². The van der Waals surface area contributed by atoms with Crippen LogP contribution in [0.2, 0.25) is 0 Å². The lowest BCUT2D eigenvalue weighted by Crippen LogP contribution is -2.05. The van der Waals surface area contributed by atoms with Crippen LogP contribution in [0.1, 0.15) is 22.6 Å². The molecule has 0 amide bonds. The second kappa shape index (κ2) is 3.84. The molecule has 1 saturated carbocycles. The summed E-state index contributed by atoms with van der Waals surface area (Å²) in [6, 6.07) is 13.1. The molecule has 19 heavy (non-hydrogen) atoms. The first-order chi connectivity index (χ1) is 9.02. The third kappa shape index (κ3) is 1.29. The maximum absolute atomic E-state index is 9.26. The summed E-state index contributed by atoms with van der Waals surface area (Å²) in [5, 5.41) is 37.0. The molecule has 4 heteroatoms. The molecule has 1 aliphatic carbocycles. The van der Waals surface area contributed by atoms with E-state index in [1.54, 1.807) is 6.07 Å². The van der Waals surface area contributed by atoms with E-state index in [0.29, 0.717) is 0 Å². The van der Waals surface area contributed by atoms with Crippen LogP contribution in [0.4, 0.5) is 0 Å². The van der Waals surface area contributed by atoms with Crippen LogP contribution in [0.3, 0.4) is 0 Å². The molecule has 0 heterocycles. The molecule has 0 atom stereocenters. The van der Waals surface area contributed by atoms with Crippen molar-refractivity contribution in [2.45, 2.75) is 19.8 Å². The Morgan fingerprint density at radius 1 is 0.895 bits per heavy atom. The molecule has 0 saturated heterocycles. The van der Waals surface area contributed by atoms with Gasteiger partial charge in [0.15, 0.2) is 10.8 Å². The first-order valence-electron chi connectivity index (χ1n) is 5.75. The van der Waals surface area contributed by atoms with Crippen molar-refractivity contribution in [1.29, 1.82) is 21.0 Å². The molecular weight excluding hydrogens is 236 g/mol. The van der Waals surface area contributed by atoms with Crippen molar-refractivity contribution in [3.05, 3.63) is 34.9 Å². The lowest BCUT2D eigenvalue weighted by molar-refractivity contribution is 0.727. The van der Waals surface area contributed by atoms with Gasteiger partial charge in [-0.3, -0.25) is 0 Å². The molecule has 0 aromatic heterocycles. The summed E-state index contributed by atoms with van der Waals surface area (Å²) in [4.78, 5) is 0. The van der Waals surface area contributed by atoms with E-state index < -0.39 is 16.7 Å². The normalized spacial score (nSPS) is 18.4. The first kappa shape index (κ1) is 12.6. The van der Waals surface area contributed by atoms with E-state index in [9.17, 15) is 21.0 Å². The van der Waals surface area contributed by atoms with Crippen molar-refractivity contribution in [3.63, 3.8) is 0 Å². The molecule has 1 fully saturated rings. The van der Waals surface area contributed by atoms with Gasteiger partial charge in [0.1, 0.15) is 0 Å². The molecule has 90 valence electrons. The fourth-order valence-corrected chi connectivity index (χ4v) is 2.75. The molecule has 1 aromatic carbocycles. The van der Waals surface area contributed by atoms with E-state index in [-0.39, 0.29) is 0 Å². The molecule has 0 radical (unpaired) electrons. The summed E-state index contributed by atoms with van der Waals surface area (Å²) in [7, 11) is 0. The molecule has 1 aliphatic rings. The smallest absolute Gasteiger partial charge is 0.185 e. The van der Waals surface area contributed by atoms with Crippen molar-refractivity contribution in [1.82, 2.24) is 0 Å². The highest BCUT2D eigenvalue weighted by Crippen LogP contribution is 2.73. The minimum absolute atomic E-state index is 0.661. The third-order valence-electron chi connectivity index (χ3n) is 3.85. The zero-order valence-electron chi connectivity index (χ0n) is 10.6. The van der Waals surface area contributed by atoms with E-state index in [2.05, 4.69) is 0 Å². The fraction of sp³-hybridized carbons (Fsp3) is 0.333. The monoisotopic (exact) mass is 246 g/mol. The van der Waals surface area contributed by atoms with E-state index in [1.807, 2.05) is 50.3 Å². The van der Waals surface area contributed by atoms with Crippen molar-refractivity contribution in [2.75, 3.05) is 0 Å². The Balaban J connectivity index is 2.66. The summed E-state index contributed by atoms with van der Waals surface area (Å²) >= 11 is 0. The summed E-state index contributed by atoms with van der Waals surface area (Å²) in [5.41, 5.74) is -0.433. The number of nitriles is 4. The molecule has 0 N–H and O–H groups in total. The van der Waals surface area contributed by atoms with Crippen LogP contribution in [-0.2, 0) is 0 Å². The number of aryl methyl sites for hydroxylation is 2. The van der Waals surface area contributed by atoms with Gasteiger partial charge in [0.2, 0.25) is 0 Å². The van der Waals surface area contributed by atoms with Crippen molar-refractivity contribution < 1.29 is 0 Å². The molecule has 2 rings (SSSR count). The van der Waals surface area contributed by atoms with Gasteiger partial charge in [-0.1, -0.05) is 23.8 Å². The minimum Gasteiger partial charge on any atom is -0.196 e. The minimum atomic E-state index is -1.56. The van der Waals surface area contributed by atoms with Gasteiger partial charge in [-0.15, -0.1) is 0 Å². The summed E-state index contributed by atoms with van der Waals surface area (Å²) in [5.74, 6) is -0.661. The first-order valence-corrected chi connectivity index (χ1v) is 5.75. The highest BCUT2D eigenvalue weighted by molar-refractivity contribution is 5.60. The predicted molar refractivity (Wildman–Crippen MR) is 66.0 cm³/mol. The Morgan fingerprint density at radius 2 is 1.37 bits per heavy atom. The molecule has 0 aliphatic heterocycles. The van der Waals surface area contributed by atoms with Gasteiger partial charge < -0.3 is 0 Å². The fourth-order valence-electron chi connectivity index (χ4n) is 2.75. The average molecular weight is 246 g/mol. The maximum atomic E-state index is 9.26. The number of nitrogens with zero attached hydrogens (tertiary/aromatic N) is 4. The van der Waals surface area contributed by atoms with E-state index >= 15 is 0 Å². The van der Waals surface area contributed by atoms with Crippen LogP contribution in [0.15, 0.2) is 18.2 Å². The summed E-state index contributed by atoms with van der Waals surface area (Å²) in [6.07, 6.45) is 0. The summed E-state index contributed by atoms with van der Waals surface area (Å²) in [6.45, 7) is 3.80. The van der Waals surface area contributed by atoms with Crippen LogP contribution in [0, 0.1) is 70.0 Å². The van der Waals surface area contributed by atoms with Crippen molar-refractivity contribution in [3.8, 4) is 24.3 Å². The number of hydrogen-bond donors (Lipinski definition) is 0. The number of hydrogen-bond acceptors (Lipinski definition) is 4. The van der Waals surface area contributed by atoms with Gasteiger partial charge >= 0.3 is 0 Å². The largest absolute Gasteiger partial charge is 0.196 e. The molecule has 0 spiro atoms. The molecule has 0 bridgehead atoms. The Morgan fingerprint density at radius 3 is 1.74 bits per heavy atom. The van der Waals surface area contributed by atoms with Crippen LogP contribution >= 0.6 is 0 Å². The molecule has 4 nitrogen and oxygen atoms in total. The molecule has 0 unspecified atom stereocenters. The van der Waals surface area contributed by atoms with E-state index in [4.69, 9.17) is 0 Å². The third-order valence-corrected chi connectivity index (χ3v) is 3.85. The zero-order chi connectivity index (χ0) is 14.3. The maximum Gasteiger partial charge on any atom is 0.185 e. The number of benzene rings is 1. The summed E-state index contributed by atoms with van der Waals surface area (Å²) < 4.78 is 0. The quantitative estimate of drug-likeness (QED) is 0.760. The standard InChI is InChI=1S/C15H10N4/c1-10-3-4-12(11(2)5-10)13-14(6-16,7-17)15(13,8-18)9-19/h3-5,13H,1-2H3. The Labute approximate surface area is 111 Å². The zero-order valence-corrected chi connectivity index (χ0v) is 10.6. The molecular formula is C15H10N4. The van der Waals surface area contributed by atoms with Gasteiger partial charge in [0, 0.05) is 0 Å². The predicted octanol–water partition coefficient (Wildman–Crippen LogP) is 2.47. The lowest BCUT2D eigenvalue weighted by atomic mass is 9.96. The highest BCUT2D eigenvalue weighted by Gasteiger charge is 2.82. The second-order valence-electron chi connectivity index (χ2n) is 4.86. The van der Waals surface area contributed by atoms with Gasteiger partial charge in [-0.25, -0.2) is 0 Å². The van der Waals surface area contributed by atoms with Crippen LogP contribution < -0.4 is 0 Å². The number of rotatable bonds is 1. The lowest BCUT2D eigenvalue weighted by Gasteiger charge is -2.06. The Kier molecular flexibility index (Phi) is 2.56. The average Bonchev–Trinajstić information content (AvgIpc) is 3.01.